The van der Waals surface area contributed by atoms with Crippen LogP contribution in [0.3, 0.4) is 0 Å². The Balaban J connectivity index is 2.45. The van der Waals surface area contributed by atoms with Gasteiger partial charge in [0.15, 0.2) is 0 Å². The molecule has 1 rings (SSSR count). The van der Waals surface area contributed by atoms with E-state index in [-0.39, 0.29) is 30.6 Å². The molecule has 0 saturated carbocycles. The van der Waals surface area contributed by atoms with Gasteiger partial charge in [0.05, 0.1) is 24.7 Å². The Morgan fingerprint density at radius 1 is 1.65 bits per heavy atom. The molecular weight excluding hydrogens is 222 g/mol. The van der Waals surface area contributed by atoms with E-state index >= 15 is 0 Å². The number of rotatable bonds is 7. The van der Waals surface area contributed by atoms with Crippen molar-refractivity contribution in [2.45, 2.75) is 38.3 Å². The minimum Gasteiger partial charge on any atom is -0.396 e. The van der Waals surface area contributed by atoms with Gasteiger partial charge in [-0.15, -0.1) is 0 Å². The first-order valence-electron chi connectivity index (χ1n) is 6.24. The third-order valence-corrected chi connectivity index (χ3v) is 3.14. The van der Waals surface area contributed by atoms with Gasteiger partial charge in [0.25, 0.3) is 0 Å². The number of aliphatic hydroxyl groups is 1. The monoisotopic (exact) mass is 245 g/mol. The van der Waals surface area contributed by atoms with Crippen molar-refractivity contribution in [1.29, 1.82) is 0 Å². The Hall–Kier alpha value is -0.650. The van der Waals surface area contributed by atoms with Gasteiger partial charge in [-0.05, 0) is 19.3 Å². The molecule has 1 heterocycles. The summed E-state index contributed by atoms with van der Waals surface area (Å²) < 4.78 is 10.5. The van der Waals surface area contributed by atoms with Gasteiger partial charge in [0.1, 0.15) is 0 Å². The van der Waals surface area contributed by atoms with E-state index in [1.807, 2.05) is 6.92 Å². The van der Waals surface area contributed by atoms with E-state index in [4.69, 9.17) is 14.6 Å². The summed E-state index contributed by atoms with van der Waals surface area (Å²) >= 11 is 0. The second-order valence-electron chi connectivity index (χ2n) is 4.39. The normalized spacial score (nSPS) is 25.8. The number of nitrogens with one attached hydrogen (secondary N) is 1. The average molecular weight is 245 g/mol. The third-order valence-electron chi connectivity index (χ3n) is 3.14. The molecule has 1 aliphatic rings. The predicted octanol–water partition coefficient (Wildman–Crippen LogP) is 0.315. The summed E-state index contributed by atoms with van der Waals surface area (Å²) in [5, 5.41) is 11.8. The van der Waals surface area contributed by atoms with Crippen molar-refractivity contribution >= 4 is 5.91 Å². The van der Waals surface area contributed by atoms with E-state index in [1.54, 1.807) is 7.11 Å². The smallest absolute Gasteiger partial charge is 0.226 e. The van der Waals surface area contributed by atoms with E-state index in [0.29, 0.717) is 19.6 Å². The first kappa shape index (κ1) is 14.4. The average Bonchev–Trinajstić information content (AvgIpc) is 2.77. The number of carbonyl (C=O) groups excluding carboxylic acids is 1. The number of amides is 1. The zero-order valence-corrected chi connectivity index (χ0v) is 10.6. The molecule has 1 fully saturated rings. The van der Waals surface area contributed by atoms with Crippen LogP contribution in [0.4, 0.5) is 0 Å². The van der Waals surface area contributed by atoms with E-state index in [0.717, 1.165) is 12.8 Å². The fraction of sp³-hybridized carbons (Fsp3) is 0.917. The predicted molar refractivity (Wildman–Crippen MR) is 63.6 cm³/mol. The SMILES string of the molecule is CCC1OCCC1C(=O)NC(CCO)COC. The number of ether oxygens (including phenoxy) is 2. The highest BCUT2D eigenvalue weighted by Gasteiger charge is 2.33. The molecule has 0 spiro atoms. The molecular formula is C12H23NO4. The van der Waals surface area contributed by atoms with Crippen molar-refractivity contribution < 1.29 is 19.4 Å². The van der Waals surface area contributed by atoms with Crippen molar-refractivity contribution in [3.05, 3.63) is 0 Å². The molecule has 3 unspecified atom stereocenters. The van der Waals surface area contributed by atoms with E-state index in [2.05, 4.69) is 5.32 Å². The number of hydrogen-bond donors (Lipinski definition) is 2. The van der Waals surface area contributed by atoms with Gasteiger partial charge >= 0.3 is 0 Å². The van der Waals surface area contributed by atoms with Crippen molar-refractivity contribution in [3.63, 3.8) is 0 Å². The largest absolute Gasteiger partial charge is 0.396 e. The number of hydrogen-bond acceptors (Lipinski definition) is 4. The van der Waals surface area contributed by atoms with Gasteiger partial charge in [0.2, 0.25) is 5.91 Å². The lowest BCUT2D eigenvalue weighted by Gasteiger charge is -2.21. The van der Waals surface area contributed by atoms with E-state index in [9.17, 15) is 4.79 Å². The molecule has 5 nitrogen and oxygen atoms in total. The van der Waals surface area contributed by atoms with Crippen molar-refractivity contribution in [3.8, 4) is 0 Å². The summed E-state index contributed by atoms with van der Waals surface area (Å²) in [6.07, 6.45) is 2.19. The Kier molecular flexibility index (Phi) is 6.47. The maximum absolute atomic E-state index is 12.0. The van der Waals surface area contributed by atoms with Gasteiger partial charge in [-0.1, -0.05) is 6.92 Å². The molecule has 0 radical (unpaired) electrons. The Morgan fingerprint density at radius 2 is 2.41 bits per heavy atom. The molecule has 0 aromatic carbocycles. The molecule has 1 amide bonds. The maximum atomic E-state index is 12.0. The van der Waals surface area contributed by atoms with Crippen LogP contribution < -0.4 is 5.32 Å². The second-order valence-corrected chi connectivity index (χ2v) is 4.39. The Bertz CT molecular complexity index is 229. The zero-order chi connectivity index (χ0) is 12.7. The lowest BCUT2D eigenvalue weighted by molar-refractivity contribution is -0.127. The molecule has 2 N–H and O–H groups in total. The molecule has 1 aliphatic heterocycles. The molecule has 100 valence electrons. The van der Waals surface area contributed by atoms with Crippen LogP contribution in [-0.2, 0) is 14.3 Å². The second kappa shape index (κ2) is 7.63. The molecule has 1 saturated heterocycles. The lowest BCUT2D eigenvalue weighted by Crippen LogP contribution is -2.43. The minimum atomic E-state index is -0.115. The summed E-state index contributed by atoms with van der Waals surface area (Å²) in [5.74, 6) is -0.0390. The number of aliphatic hydroxyl groups excluding tert-OH is 1. The minimum absolute atomic E-state index is 0.0184. The standard InChI is InChI=1S/C12H23NO4/c1-3-11-10(5-7-17-11)12(15)13-9(4-6-14)8-16-2/h9-11,14H,3-8H2,1-2H3,(H,13,15). The van der Waals surface area contributed by atoms with Crippen molar-refractivity contribution in [2.75, 3.05) is 26.9 Å². The van der Waals surface area contributed by atoms with Crippen LogP contribution in [0.15, 0.2) is 0 Å². The molecule has 5 heteroatoms. The quantitative estimate of drug-likeness (QED) is 0.677. The third kappa shape index (κ3) is 4.26. The van der Waals surface area contributed by atoms with Crippen LogP contribution in [0.5, 0.6) is 0 Å². The highest BCUT2D eigenvalue weighted by atomic mass is 16.5. The maximum Gasteiger partial charge on any atom is 0.226 e. The molecule has 0 aromatic rings. The summed E-state index contributed by atoms with van der Waals surface area (Å²) in [6.45, 7) is 3.16. The summed E-state index contributed by atoms with van der Waals surface area (Å²) in [7, 11) is 1.59. The van der Waals surface area contributed by atoms with Gasteiger partial charge in [0, 0.05) is 20.3 Å². The lowest BCUT2D eigenvalue weighted by atomic mass is 9.98. The van der Waals surface area contributed by atoms with Crippen LogP contribution in [0, 0.1) is 5.92 Å². The highest BCUT2D eigenvalue weighted by molar-refractivity contribution is 5.79. The molecule has 0 bridgehead atoms. The zero-order valence-electron chi connectivity index (χ0n) is 10.6. The first-order valence-corrected chi connectivity index (χ1v) is 6.24. The Morgan fingerprint density at radius 3 is 3.00 bits per heavy atom. The number of methoxy groups -OCH3 is 1. The van der Waals surface area contributed by atoms with Gasteiger partial charge in [-0.2, -0.15) is 0 Å². The van der Waals surface area contributed by atoms with Crippen LogP contribution >= 0.6 is 0 Å². The molecule has 17 heavy (non-hydrogen) atoms. The topological polar surface area (TPSA) is 67.8 Å². The molecule has 3 atom stereocenters. The van der Waals surface area contributed by atoms with E-state index in [1.165, 1.54) is 0 Å². The van der Waals surface area contributed by atoms with Crippen molar-refractivity contribution in [2.24, 2.45) is 5.92 Å². The highest BCUT2D eigenvalue weighted by Crippen LogP contribution is 2.23. The fourth-order valence-electron chi connectivity index (χ4n) is 2.21. The van der Waals surface area contributed by atoms with E-state index < -0.39 is 0 Å². The van der Waals surface area contributed by atoms with Crippen LogP contribution in [0.25, 0.3) is 0 Å². The summed E-state index contributed by atoms with van der Waals surface area (Å²) in [6, 6.07) is -0.115. The van der Waals surface area contributed by atoms with Crippen LogP contribution in [0.1, 0.15) is 26.2 Å². The van der Waals surface area contributed by atoms with Crippen LogP contribution in [0.2, 0.25) is 0 Å². The Labute approximate surface area is 102 Å². The number of carbonyl (C=O) groups is 1. The molecule has 0 aromatic heterocycles. The summed E-state index contributed by atoms with van der Waals surface area (Å²) in [5.41, 5.74) is 0. The van der Waals surface area contributed by atoms with Gasteiger partial charge in [-0.3, -0.25) is 4.79 Å². The van der Waals surface area contributed by atoms with Crippen molar-refractivity contribution in [1.82, 2.24) is 5.32 Å². The first-order chi connectivity index (χ1) is 8.22. The van der Waals surface area contributed by atoms with Crippen LogP contribution in [-0.4, -0.2) is 50.1 Å². The fourth-order valence-corrected chi connectivity index (χ4v) is 2.21. The van der Waals surface area contributed by atoms with Gasteiger partial charge < -0.3 is 19.9 Å². The summed E-state index contributed by atoms with van der Waals surface area (Å²) in [4.78, 5) is 12.0. The van der Waals surface area contributed by atoms with Gasteiger partial charge in [-0.25, -0.2) is 0 Å². The molecule has 0 aliphatic carbocycles.